The van der Waals surface area contributed by atoms with E-state index in [1.807, 2.05) is 235 Å². The Labute approximate surface area is 822 Å². The fourth-order valence-electron chi connectivity index (χ4n) is 18.1. The van der Waals surface area contributed by atoms with E-state index in [2.05, 4.69) is 16.0 Å². The number of carbonyl (C=O) groups excluding carboxylic acids is 12. The second-order valence-corrected chi connectivity index (χ2v) is 40.4. The van der Waals surface area contributed by atoms with Gasteiger partial charge in [-0.1, -0.05) is 147 Å². The Bertz CT molecular complexity index is 5540. The van der Waals surface area contributed by atoms with Gasteiger partial charge in [-0.15, -0.1) is 0 Å². The van der Waals surface area contributed by atoms with Crippen LogP contribution in [0.1, 0.15) is 243 Å². The van der Waals surface area contributed by atoms with Gasteiger partial charge in [0.05, 0.1) is 45.8 Å². The molecule has 6 aliphatic heterocycles. The van der Waals surface area contributed by atoms with Crippen LogP contribution in [0.3, 0.4) is 0 Å². The lowest BCUT2D eigenvalue weighted by molar-refractivity contribution is -0.135. The van der Waals surface area contributed by atoms with Gasteiger partial charge in [-0.25, -0.2) is 19.2 Å². The monoisotopic (exact) mass is 1930 g/mol. The molecular formula is C107H139ClN12O19. The number of halogens is 1. The number of hydrogen-bond donors (Lipinski definition) is 3. The average molecular weight is 1930 g/mol. The van der Waals surface area contributed by atoms with Crippen LogP contribution in [-0.4, -0.2) is 233 Å². The van der Waals surface area contributed by atoms with Crippen molar-refractivity contribution in [3.8, 4) is 17.2 Å². The van der Waals surface area contributed by atoms with Gasteiger partial charge in [-0.2, -0.15) is 0 Å². The first-order valence-corrected chi connectivity index (χ1v) is 48.8. The lowest BCUT2D eigenvalue weighted by Crippen LogP contribution is -2.55. The van der Waals surface area contributed by atoms with Crippen LogP contribution in [0.5, 0.6) is 17.2 Å². The summed E-state index contributed by atoms with van der Waals surface area (Å²) in [6, 6.07) is 49.4. The van der Waals surface area contributed by atoms with Crippen LogP contribution in [0.4, 0.5) is 36.2 Å². The number of carbonyl (C=O) groups is 12. The van der Waals surface area contributed by atoms with E-state index < -0.39 is 51.9 Å². The molecule has 32 heteroatoms. The molecule has 0 aliphatic carbocycles. The standard InChI is InChI=1S/C39H48N4O7.C34H45ClN4O6.C34H46N4O6/c1-27(2)43(31-18-13-22-41(25-31)37(47)50-38(3,4)5)34(44)29-19-20-33-32(24-29)42(35(45)39(6,49-33)30-16-11-8-12-17-30)23-21-40-36(46)48-26-28-14-9-7-10-15-28;1-8-29(40)36-16-18-38-27-19-25(26(35)20-28(27)44-34(7,31(38)42)23-13-10-9-11-14-23)30(41)39(22(2)3)24-15-12-17-37(21-24)32(43)45-33(4,5)6;1-8-29(39)35-18-20-37-27-21-24(16-17-28(27)43-34(7,31(37)41)25-13-10-9-11-14-25)30(40)38(23(2)3)26-15-12-19-36(22-26)32(42)44-33(4,5)6/h7-12,14-17,19-20,24,27,31H,13,18,21-23,25-26H2,1-6H3,(H,40,46);9-11,13-14,19-20,22,24H,8,12,15-18,21H2,1-7H3,(H,36,40);9-11,13-14,16-17,21,23,26H,8,12,15,18-20,22H2,1-7H3,(H,35,39)/t31-,39+;24-,34+;26-,34+/m111/s1. The molecule has 7 aromatic carbocycles. The van der Waals surface area contributed by atoms with Crippen LogP contribution < -0.4 is 44.9 Å². The Kier molecular flexibility index (Phi) is 35.1. The smallest absolute Gasteiger partial charge is 0.410 e. The van der Waals surface area contributed by atoms with Crippen molar-refractivity contribution in [3.63, 3.8) is 0 Å². The maximum Gasteiger partial charge on any atom is 0.410 e. The number of fused-ring (bicyclic) bond motifs is 3. The van der Waals surface area contributed by atoms with Gasteiger partial charge >= 0.3 is 24.4 Å². The maximum absolute atomic E-state index is 14.3. The molecule has 0 radical (unpaired) electrons. The van der Waals surface area contributed by atoms with Gasteiger partial charge in [0.25, 0.3) is 35.4 Å². The highest BCUT2D eigenvalue weighted by Crippen LogP contribution is 2.48. The minimum absolute atomic E-state index is 0.0997. The predicted octanol–water partition coefficient (Wildman–Crippen LogP) is 17.4. The molecule has 748 valence electrons. The third-order valence-corrected chi connectivity index (χ3v) is 25.2. The molecule has 3 saturated heterocycles. The molecule has 3 fully saturated rings. The van der Waals surface area contributed by atoms with E-state index in [1.54, 1.807) is 117 Å². The molecular weight excluding hydrogens is 1790 g/mol. The van der Waals surface area contributed by atoms with Gasteiger partial charge in [-0.05, 0) is 211 Å². The number of nitrogens with one attached hydrogen (secondary N) is 3. The number of benzene rings is 7. The number of piperidine rings is 3. The number of likely N-dealkylation sites (tertiary alicyclic amines) is 3. The Morgan fingerprint density at radius 3 is 1.05 bits per heavy atom. The minimum atomic E-state index is -1.35. The van der Waals surface area contributed by atoms with Crippen molar-refractivity contribution in [3.05, 3.63) is 214 Å². The van der Waals surface area contributed by atoms with Crippen molar-refractivity contribution in [2.45, 2.75) is 266 Å². The summed E-state index contributed by atoms with van der Waals surface area (Å²) in [4.78, 5) is 175. The molecule has 3 N–H and O–H groups in total. The number of nitrogens with zero attached hydrogens (tertiary/aromatic N) is 9. The molecule has 31 nitrogen and oxygen atoms in total. The van der Waals surface area contributed by atoms with Crippen LogP contribution in [0.2, 0.25) is 5.02 Å². The zero-order valence-corrected chi connectivity index (χ0v) is 84.9. The molecule has 6 aliphatic rings. The van der Waals surface area contributed by atoms with Crippen LogP contribution in [0.25, 0.3) is 0 Å². The van der Waals surface area contributed by atoms with Gasteiger partial charge in [0.2, 0.25) is 28.6 Å². The molecule has 12 amide bonds. The molecule has 7 aromatic rings. The van der Waals surface area contributed by atoms with Crippen LogP contribution in [0.15, 0.2) is 170 Å². The molecule has 0 aromatic heterocycles. The zero-order chi connectivity index (χ0) is 101. The van der Waals surface area contributed by atoms with Crippen LogP contribution in [0, 0.1) is 0 Å². The highest BCUT2D eigenvalue weighted by Gasteiger charge is 2.51. The second-order valence-electron chi connectivity index (χ2n) is 40.0. The Hall–Kier alpha value is -12.9. The summed E-state index contributed by atoms with van der Waals surface area (Å²) in [6.45, 7) is 40.8. The highest BCUT2D eigenvalue weighted by atomic mass is 35.5. The van der Waals surface area contributed by atoms with Crippen molar-refractivity contribution in [2.24, 2.45) is 0 Å². The number of hydrogen-bond acceptors (Lipinski definition) is 19. The Balaban J connectivity index is 0.000000200. The van der Waals surface area contributed by atoms with Gasteiger partial charge < -0.3 is 93.2 Å². The van der Waals surface area contributed by atoms with Crippen LogP contribution >= 0.6 is 11.6 Å². The first-order valence-electron chi connectivity index (χ1n) is 48.4. The fraction of sp³-hybridized carbons (Fsp3) is 0.495. The Morgan fingerprint density at radius 2 is 0.727 bits per heavy atom. The number of alkyl carbamates (subject to hydrolysis) is 1. The summed E-state index contributed by atoms with van der Waals surface area (Å²) >= 11 is 6.81. The van der Waals surface area contributed by atoms with E-state index in [0.717, 1.165) is 37.7 Å². The molecule has 0 bridgehead atoms. The average Bonchev–Trinajstić information content (AvgIpc) is 0.718. The predicted molar refractivity (Wildman–Crippen MR) is 532 cm³/mol. The SMILES string of the molecule is CC(C)N(C(=O)c1ccc2c(c1)N(CCNC(=O)OCc1ccccc1)C(=O)[C@](C)(c1ccccc1)O2)[C@@H]1CCCN(C(=O)OC(C)(C)C)C1.CCC(=O)NCCN1C(=O)[C@](C)(c2ccccc2)Oc2cc(Cl)c(C(=O)N(C(C)C)[C@@H]3CCCN(C(=O)OC(C)(C)C)C3)cc21.CCC(=O)NCCN1C(=O)[C@](C)(c2ccccc2)Oc2ccc(C(=O)N(C(C)C)[C@@H]3CCCN(C(=O)OC(C)(C)C)C3)cc21. The highest BCUT2D eigenvalue weighted by molar-refractivity contribution is 6.34. The van der Waals surface area contributed by atoms with Gasteiger partial charge in [0, 0.05) is 143 Å². The third kappa shape index (κ3) is 26.4. The van der Waals surface area contributed by atoms with E-state index in [9.17, 15) is 57.5 Å². The quantitative estimate of drug-likeness (QED) is 0.0448. The number of amides is 12. The normalized spacial score (nSPS) is 19.6. The Morgan fingerprint density at radius 1 is 0.417 bits per heavy atom. The molecule has 0 spiro atoms. The number of anilines is 3. The number of rotatable bonds is 25. The first-order chi connectivity index (χ1) is 65.7. The van der Waals surface area contributed by atoms with Crippen molar-refractivity contribution in [2.75, 3.05) is 93.2 Å². The summed E-state index contributed by atoms with van der Waals surface area (Å²) in [7, 11) is 0. The summed E-state index contributed by atoms with van der Waals surface area (Å²) in [5, 5.41) is 8.61. The van der Waals surface area contributed by atoms with E-state index in [1.165, 1.54) is 0 Å². The second kappa shape index (κ2) is 45.8. The van der Waals surface area contributed by atoms with Crippen molar-refractivity contribution < 1.29 is 90.7 Å². The number of ether oxygens (including phenoxy) is 7. The van der Waals surface area contributed by atoms with E-state index >= 15 is 0 Å². The van der Waals surface area contributed by atoms with E-state index in [-0.39, 0.29) is 146 Å². The molecule has 6 atom stereocenters. The summed E-state index contributed by atoms with van der Waals surface area (Å²) < 4.78 is 41.4. The largest absolute Gasteiger partial charge is 0.471 e. The summed E-state index contributed by atoms with van der Waals surface area (Å²) in [5.41, 5.74) is -0.626. The third-order valence-electron chi connectivity index (χ3n) is 24.9. The maximum atomic E-state index is 14.3. The lowest BCUT2D eigenvalue weighted by Gasteiger charge is -2.43. The lowest BCUT2D eigenvalue weighted by atomic mass is 9.91. The first kappa shape index (κ1) is 107. The molecule has 6 heterocycles. The van der Waals surface area contributed by atoms with Gasteiger partial charge in [-0.3, -0.25) is 38.4 Å². The minimum Gasteiger partial charge on any atom is -0.471 e. The molecule has 0 unspecified atom stereocenters. The molecule has 13 rings (SSSR count). The topological polar surface area (TPSA) is 335 Å². The zero-order valence-electron chi connectivity index (χ0n) is 84.1. The fourth-order valence-corrected chi connectivity index (χ4v) is 18.3. The van der Waals surface area contributed by atoms with Crippen LogP contribution in [-0.2, 0) is 66.3 Å². The van der Waals surface area contributed by atoms with Crippen molar-refractivity contribution >= 4 is 100 Å². The molecule has 0 saturated carbocycles. The summed E-state index contributed by atoms with van der Waals surface area (Å²) in [6.07, 6.45) is 3.30. The van der Waals surface area contributed by atoms with E-state index in [4.69, 9.17) is 44.8 Å². The molecule has 139 heavy (non-hydrogen) atoms. The van der Waals surface area contributed by atoms with Gasteiger partial charge in [0.1, 0.15) is 40.7 Å². The summed E-state index contributed by atoms with van der Waals surface area (Å²) in [5.74, 6) is -0.640. The van der Waals surface area contributed by atoms with Crippen molar-refractivity contribution in [1.82, 2.24) is 45.3 Å². The van der Waals surface area contributed by atoms with Gasteiger partial charge in [0.15, 0.2) is 0 Å². The van der Waals surface area contributed by atoms with E-state index in [0.29, 0.717) is 121 Å². The van der Waals surface area contributed by atoms with Crippen molar-refractivity contribution in [1.29, 1.82) is 0 Å².